The molecule has 3 heterocycles. The Bertz CT molecular complexity index is 964. The van der Waals surface area contributed by atoms with Gasteiger partial charge < -0.3 is 15.0 Å². The molecular formula is C22H31N5O3S. The van der Waals surface area contributed by atoms with Crippen molar-refractivity contribution in [3.05, 3.63) is 22.0 Å². The number of nitrogens with one attached hydrogen (secondary N) is 1. The molecule has 4 rings (SSSR count). The summed E-state index contributed by atoms with van der Waals surface area (Å²) in [5.74, 6) is 1.52. The van der Waals surface area contributed by atoms with Crippen LogP contribution in [0, 0.1) is 13.8 Å². The molecule has 168 valence electrons. The first-order valence-corrected chi connectivity index (χ1v) is 11.8. The molecule has 9 heteroatoms. The predicted octanol–water partition coefficient (Wildman–Crippen LogP) is 2.10. The summed E-state index contributed by atoms with van der Waals surface area (Å²) in [6.07, 6.45) is 3.14. The van der Waals surface area contributed by atoms with Gasteiger partial charge in [-0.15, -0.1) is 11.3 Å². The fourth-order valence-electron chi connectivity index (χ4n) is 4.04. The molecule has 0 atom stereocenters. The van der Waals surface area contributed by atoms with Crippen LogP contribution in [0.5, 0.6) is 0 Å². The molecule has 1 aliphatic carbocycles. The second kappa shape index (κ2) is 9.58. The molecule has 0 bridgehead atoms. The maximum absolute atomic E-state index is 13.2. The second-order valence-corrected chi connectivity index (χ2v) is 9.44. The van der Waals surface area contributed by atoms with Gasteiger partial charge in [0.1, 0.15) is 10.7 Å². The Kier molecular flexibility index (Phi) is 6.83. The number of nitrogens with zero attached hydrogens (tertiary/aromatic N) is 4. The van der Waals surface area contributed by atoms with Crippen molar-refractivity contribution in [1.82, 2.24) is 25.1 Å². The third-order valence-corrected chi connectivity index (χ3v) is 7.17. The molecule has 1 N–H and O–H groups in total. The van der Waals surface area contributed by atoms with Gasteiger partial charge in [-0.2, -0.15) is 0 Å². The summed E-state index contributed by atoms with van der Waals surface area (Å²) in [5, 5.41) is 3.95. The molecule has 0 unspecified atom stereocenters. The van der Waals surface area contributed by atoms with Crippen LogP contribution in [-0.2, 0) is 9.53 Å². The van der Waals surface area contributed by atoms with Crippen molar-refractivity contribution >= 4 is 33.4 Å². The number of methoxy groups -OCH3 is 1. The highest BCUT2D eigenvalue weighted by atomic mass is 32.1. The smallest absolute Gasteiger partial charge is 0.264 e. The van der Waals surface area contributed by atoms with Crippen LogP contribution in [0.2, 0.25) is 0 Å². The average molecular weight is 446 g/mol. The summed E-state index contributed by atoms with van der Waals surface area (Å²) in [5.41, 5.74) is 1.96. The minimum absolute atomic E-state index is 0.0248. The number of rotatable bonds is 8. The van der Waals surface area contributed by atoms with Gasteiger partial charge in [0.25, 0.3) is 5.91 Å². The van der Waals surface area contributed by atoms with Crippen LogP contribution in [0.4, 0.5) is 0 Å². The van der Waals surface area contributed by atoms with E-state index in [1.165, 1.54) is 11.3 Å². The van der Waals surface area contributed by atoms with E-state index in [0.717, 1.165) is 51.4 Å². The molecule has 2 aromatic heterocycles. The van der Waals surface area contributed by atoms with E-state index in [2.05, 4.69) is 10.2 Å². The molecule has 0 aromatic carbocycles. The maximum atomic E-state index is 13.2. The number of aryl methyl sites for hydroxylation is 2. The van der Waals surface area contributed by atoms with E-state index in [1.54, 1.807) is 7.11 Å². The number of aromatic nitrogens is 2. The summed E-state index contributed by atoms with van der Waals surface area (Å²) in [6, 6.07) is 0. The summed E-state index contributed by atoms with van der Waals surface area (Å²) < 4.78 is 4.99. The lowest BCUT2D eigenvalue weighted by atomic mass is 10.1. The highest BCUT2D eigenvalue weighted by Gasteiger charge is 2.30. The normalized spacial score (nSPS) is 17.3. The van der Waals surface area contributed by atoms with Crippen molar-refractivity contribution in [3.63, 3.8) is 0 Å². The first kappa shape index (κ1) is 22.1. The molecule has 2 amide bonds. The second-order valence-electron chi connectivity index (χ2n) is 8.44. The molecule has 8 nitrogen and oxygen atoms in total. The maximum Gasteiger partial charge on any atom is 0.264 e. The Morgan fingerprint density at radius 1 is 1.16 bits per heavy atom. The van der Waals surface area contributed by atoms with E-state index in [9.17, 15) is 9.59 Å². The van der Waals surface area contributed by atoms with Crippen LogP contribution < -0.4 is 5.32 Å². The van der Waals surface area contributed by atoms with Crippen LogP contribution in [0.1, 0.15) is 51.9 Å². The summed E-state index contributed by atoms with van der Waals surface area (Å²) >= 11 is 1.49. The van der Waals surface area contributed by atoms with Crippen LogP contribution in [0.15, 0.2) is 0 Å². The Morgan fingerprint density at radius 2 is 1.90 bits per heavy atom. The van der Waals surface area contributed by atoms with Crippen LogP contribution >= 0.6 is 11.3 Å². The van der Waals surface area contributed by atoms with Gasteiger partial charge in [0.15, 0.2) is 0 Å². The number of carbonyl (C=O) groups excluding carboxylic acids is 2. The summed E-state index contributed by atoms with van der Waals surface area (Å²) in [4.78, 5) is 40.5. The molecule has 1 saturated carbocycles. The van der Waals surface area contributed by atoms with E-state index in [1.807, 2.05) is 18.7 Å². The van der Waals surface area contributed by atoms with Crippen molar-refractivity contribution in [1.29, 1.82) is 0 Å². The molecule has 2 aliphatic rings. The third kappa shape index (κ3) is 5.05. The predicted molar refractivity (Wildman–Crippen MR) is 121 cm³/mol. The van der Waals surface area contributed by atoms with Gasteiger partial charge >= 0.3 is 0 Å². The number of amides is 2. The van der Waals surface area contributed by atoms with Crippen molar-refractivity contribution in [2.75, 3.05) is 53.0 Å². The van der Waals surface area contributed by atoms with Gasteiger partial charge in [-0.25, -0.2) is 9.97 Å². The lowest BCUT2D eigenvalue weighted by Gasteiger charge is -2.34. The fraction of sp³-hybridized carbons (Fsp3) is 0.636. The highest BCUT2D eigenvalue weighted by Crippen LogP contribution is 2.40. The molecule has 1 aliphatic heterocycles. The Morgan fingerprint density at radius 3 is 2.58 bits per heavy atom. The molecular weight excluding hydrogens is 414 g/mol. The Labute approximate surface area is 187 Å². The van der Waals surface area contributed by atoms with Gasteiger partial charge in [0, 0.05) is 57.7 Å². The minimum Gasteiger partial charge on any atom is -0.385 e. The van der Waals surface area contributed by atoms with Gasteiger partial charge in [0.2, 0.25) is 5.91 Å². The summed E-state index contributed by atoms with van der Waals surface area (Å²) in [7, 11) is 1.66. The largest absolute Gasteiger partial charge is 0.385 e. The lowest BCUT2D eigenvalue weighted by Crippen LogP contribution is -2.51. The number of hydrogen-bond acceptors (Lipinski definition) is 7. The SMILES string of the molecule is COCCCNC(=O)CN1CCN(C(=O)c2sc3nc(C4CC4)nc(C)c3c2C)CC1. The topological polar surface area (TPSA) is 87.7 Å². The zero-order chi connectivity index (χ0) is 22.0. The first-order valence-electron chi connectivity index (χ1n) is 11.0. The zero-order valence-electron chi connectivity index (χ0n) is 18.6. The van der Waals surface area contributed by atoms with Crippen molar-refractivity contribution < 1.29 is 14.3 Å². The fourth-order valence-corrected chi connectivity index (χ4v) is 5.25. The number of piperazine rings is 1. The zero-order valence-corrected chi connectivity index (χ0v) is 19.4. The van der Waals surface area contributed by atoms with Crippen molar-refractivity contribution in [3.8, 4) is 0 Å². The minimum atomic E-state index is 0.0248. The van der Waals surface area contributed by atoms with E-state index in [4.69, 9.17) is 14.7 Å². The summed E-state index contributed by atoms with van der Waals surface area (Å²) in [6.45, 7) is 8.31. The van der Waals surface area contributed by atoms with Crippen molar-refractivity contribution in [2.45, 2.75) is 39.0 Å². The molecule has 1 saturated heterocycles. The first-order chi connectivity index (χ1) is 15.0. The van der Waals surface area contributed by atoms with Crippen molar-refractivity contribution in [2.24, 2.45) is 0 Å². The van der Waals surface area contributed by atoms with Crippen LogP contribution in [-0.4, -0.2) is 84.6 Å². The van der Waals surface area contributed by atoms with E-state index >= 15 is 0 Å². The van der Waals surface area contributed by atoms with Crippen LogP contribution in [0.3, 0.4) is 0 Å². The average Bonchev–Trinajstić information content (AvgIpc) is 3.55. The van der Waals surface area contributed by atoms with E-state index < -0.39 is 0 Å². The Balaban J connectivity index is 1.35. The quantitative estimate of drug-likeness (QED) is 0.626. The molecule has 2 fully saturated rings. The van der Waals surface area contributed by atoms with Gasteiger partial charge in [0.05, 0.1) is 17.1 Å². The number of thiophene rings is 1. The van der Waals surface area contributed by atoms with Gasteiger partial charge in [-0.3, -0.25) is 14.5 Å². The van der Waals surface area contributed by atoms with E-state index in [-0.39, 0.29) is 11.8 Å². The molecule has 0 radical (unpaired) electrons. The number of ether oxygens (including phenoxy) is 1. The third-order valence-electron chi connectivity index (χ3n) is 6.00. The number of hydrogen-bond donors (Lipinski definition) is 1. The highest BCUT2D eigenvalue weighted by molar-refractivity contribution is 7.20. The van der Waals surface area contributed by atoms with E-state index in [0.29, 0.717) is 51.8 Å². The molecule has 0 spiro atoms. The Hall–Kier alpha value is -2.10. The molecule has 2 aromatic rings. The monoisotopic (exact) mass is 445 g/mol. The van der Waals surface area contributed by atoms with Gasteiger partial charge in [-0.1, -0.05) is 0 Å². The lowest BCUT2D eigenvalue weighted by molar-refractivity contribution is -0.122. The standard InChI is InChI=1S/C22H31N5O3S/c1-14-18-15(2)24-20(16-5-6-16)25-21(18)31-19(14)22(29)27-10-8-26(9-11-27)13-17(28)23-7-4-12-30-3/h16H,4-13H2,1-3H3,(H,23,28). The molecule has 31 heavy (non-hydrogen) atoms. The van der Waals surface area contributed by atoms with Gasteiger partial charge in [-0.05, 0) is 38.7 Å². The number of carbonyl (C=O) groups is 2. The number of fused-ring (bicyclic) bond motifs is 1. The van der Waals surface area contributed by atoms with Crippen LogP contribution in [0.25, 0.3) is 10.2 Å².